The van der Waals surface area contributed by atoms with E-state index in [1.54, 1.807) is 18.2 Å². The fraction of sp³-hybridized carbons (Fsp3) is 0.524. The van der Waals surface area contributed by atoms with Crippen LogP contribution in [0.15, 0.2) is 18.2 Å². The lowest BCUT2D eigenvalue weighted by molar-refractivity contribution is -0.155. The lowest BCUT2D eigenvalue weighted by Gasteiger charge is -2.26. The first-order chi connectivity index (χ1) is 15.8. The highest BCUT2D eigenvalue weighted by Gasteiger charge is 2.57. The van der Waals surface area contributed by atoms with E-state index >= 15 is 0 Å². The maximum absolute atomic E-state index is 12.7. The summed E-state index contributed by atoms with van der Waals surface area (Å²) >= 11 is 12.1. The van der Waals surface area contributed by atoms with E-state index in [1.165, 1.54) is 19.0 Å². The molecule has 1 heterocycles. The van der Waals surface area contributed by atoms with Crippen LogP contribution in [-0.4, -0.2) is 73.1 Å². The average Bonchev–Trinajstić information content (AvgIpc) is 3.02. The molecule has 1 fully saturated rings. The number of carbonyl (C=O) groups excluding carboxylic acids is 3. The Morgan fingerprint density at radius 2 is 1.88 bits per heavy atom. The Balaban J connectivity index is 2.16. The zero-order valence-corrected chi connectivity index (χ0v) is 20.9. The van der Waals surface area contributed by atoms with Gasteiger partial charge in [0.15, 0.2) is 5.60 Å². The minimum Gasteiger partial charge on any atom is -0.506 e. The largest absolute Gasteiger partial charge is 0.552 e. The minimum absolute atomic E-state index is 0.0702. The van der Waals surface area contributed by atoms with E-state index in [0.717, 1.165) is 0 Å². The second-order valence-electron chi connectivity index (χ2n) is 8.70. The van der Waals surface area contributed by atoms with E-state index in [4.69, 9.17) is 32.5 Å². The predicted octanol–water partition coefficient (Wildman–Crippen LogP) is 2.23. The van der Waals surface area contributed by atoms with E-state index < -0.39 is 55.3 Å². The summed E-state index contributed by atoms with van der Waals surface area (Å²) in [6, 6.07) is 4.78. The Bertz CT molecular complexity index is 947. The van der Waals surface area contributed by atoms with Crippen LogP contribution >= 0.6 is 23.2 Å². The summed E-state index contributed by atoms with van der Waals surface area (Å²) in [5.74, 6) is -3.93. The first kappa shape index (κ1) is 27.7. The topological polar surface area (TPSA) is 134 Å². The van der Waals surface area contributed by atoms with Crippen LogP contribution in [0.25, 0.3) is 0 Å². The Morgan fingerprint density at radius 1 is 1.21 bits per heavy atom. The highest BCUT2D eigenvalue weighted by atomic mass is 35.5. The second-order valence-corrected chi connectivity index (χ2v) is 9.55. The van der Waals surface area contributed by atoms with Crippen molar-refractivity contribution in [3.8, 4) is 0 Å². The molecule has 3 N–H and O–H groups in total. The van der Waals surface area contributed by atoms with Gasteiger partial charge in [0, 0.05) is 19.1 Å². The number of amides is 2. The number of aliphatic carboxylic acids is 1. The molecule has 2 rings (SSSR count). The van der Waals surface area contributed by atoms with Crippen LogP contribution in [0, 0.1) is 5.92 Å². The molecule has 1 aromatic rings. The zero-order chi connectivity index (χ0) is 25.6. The van der Waals surface area contributed by atoms with Crippen LogP contribution in [0.5, 0.6) is 0 Å². The molecule has 0 bridgehead atoms. The number of nitrogens with zero attached hydrogens (tertiary/aromatic N) is 1. The van der Waals surface area contributed by atoms with Crippen molar-refractivity contribution in [3.63, 3.8) is 0 Å². The molecule has 34 heavy (non-hydrogen) atoms. The number of hydrogen-bond acceptors (Lipinski definition) is 7. The minimum atomic E-state index is -1.98. The molecule has 0 saturated carbocycles. The molecule has 10 nitrogen and oxygen atoms in total. The highest BCUT2D eigenvalue weighted by Crippen LogP contribution is 2.33. The van der Waals surface area contributed by atoms with Crippen molar-refractivity contribution in [2.45, 2.75) is 44.7 Å². The van der Waals surface area contributed by atoms with Gasteiger partial charge in [0.1, 0.15) is 0 Å². The molecule has 1 aliphatic heterocycles. The first-order valence-electron chi connectivity index (χ1n) is 10.6. The SMILES string of the molecule is CC(C)C[C@H](NC(=O)CNc1cc(Cl)ccc1Cl)B1OC(=O)[C@@](CC(=O)O)(CC(=O)N(C)C)O1. The quantitative estimate of drug-likeness (QED) is 0.382. The number of rotatable bonds is 11. The Hall–Kier alpha value is -2.50. The van der Waals surface area contributed by atoms with Crippen molar-refractivity contribution >= 4 is 59.8 Å². The molecule has 0 radical (unpaired) electrons. The summed E-state index contributed by atoms with van der Waals surface area (Å²) in [5.41, 5.74) is -1.51. The number of carboxylic acids is 1. The third kappa shape index (κ3) is 7.51. The van der Waals surface area contributed by atoms with E-state index in [0.29, 0.717) is 22.2 Å². The van der Waals surface area contributed by atoms with Crippen LogP contribution in [-0.2, 0) is 28.5 Å². The van der Waals surface area contributed by atoms with Gasteiger partial charge >= 0.3 is 19.1 Å². The molecule has 2 amide bonds. The molecule has 186 valence electrons. The van der Waals surface area contributed by atoms with Crippen LogP contribution < -0.4 is 10.6 Å². The highest BCUT2D eigenvalue weighted by molar-refractivity contribution is 6.51. The maximum atomic E-state index is 12.7. The molecule has 0 unspecified atom stereocenters. The number of benzene rings is 1. The lowest BCUT2D eigenvalue weighted by Crippen LogP contribution is -2.51. The van der Waals surface area contributed by atoms with Gasteiger partial charge < -0.3 is 29.9 Å². The number of anilines is 1. The predicted molar refractivity (Wildman–Crippen MR) is 128 cm³/mol. The van der Waals surface area contributed by atoms with Gasteiger partial charge in [-0.1, -0.05) is 37.0 Å². The molecular weight excluding hydrogens is 488 g/mol. The van der Waals surface area contributed by atoms with Crippen molar-refractivity contribution < 1.29 is 33.6 Å². The first-order valence-corrected chi connectivity index (χ1v) is 11.4. The van der Waals surface area contributed by atoms with Gasteiger partial charge in [-0.15, -0.1) is 0 Å². The number of halogens is 2. The van der Waals surface area contributed by atoms with E-state index in [-0.39, 0.29) is 12.5 Å². The van der Waals surface area contributed by atoms with Crippen LogP contribution in [0.1, 0.15) is 33.1 Å². The molecule has 0 aliphatic carbocycles. The van der Waals surface area contributed by atoms with Gasteiger partial charge in [-0.2, -0.15) is 0 Å². The lowest BCUT2D eigenvalue weighted by atomic mass is 9.74. The molecule has 1 saturated heterocycles. The van der Waals surface area contributed by atoms with E-state index in [1.807, 2.05) is 13.8 Å². The van der Waals surface area contributed by atoms with Gasteiger partial charge in [-0.25, -0.2) is 0 Å². The van der Waals surface area contributed by atoms with Crippen LogP contribution in [0.4, 0.5) is 5.69 Å². The van der Waals surface area contributed by atoms with Gasteiger partial charge in [0.05, 0.1) is 36.0 Å². The third-order valence-corrected chi connectivity index (χ3v) is 5.64. The van der Waals surface area contributed by atoms with Crippen molar-refractivity contribution in [1.29, 1.82) is 0 Å². The fourth-order valence-electron chi connectivity index (χ4n) is 3.42. The number of hydrogen-bond donors (Lipinski definition) is 3. The van der Waals surface area contributed by atoms with Crippen molar-refractivity contribution in [2.24, 2.45) is 5.92 Å². The van der Waals surface area contributed by atoms with Crippen molar-refractivity contribution in [3.05, 3.63) is 28.2 Å². The van der Waals surface area contributed by atoms with Gasteiger partial charge in [-0.05, 0) is 30.5 Å². The van der Waals surface area contributed by atoms with Crippen molar-refractivity contribution in [1.82, 2.24) is 10.2 Å². The number of carbonyl (C=O) groups is 4. The fourth-order valence-corrected chi connectivity index (χ4v) is 3.78. The summed E-state index contributed by atoms with van der Waals surface area (Å²) in [5, 5.41) is 15.8. The smallest absolute Gasteiger partial charge is 0.506 e. The van der Waals surface area contributed by atoms with E-state index in [2.05, 4.69) is 10.6 Å². The zero-order valence-electron chi connectivity index (χ0n) is 19.4. The normalized spacial score (nSPS) is 18.4. The Morgan fingerprint density at radius 3 is 2.47 bits per heavy atom. The molecular formula is C21H28BCl2N3O7. The number of carboxylic acid groups (broad SMARTS) is 1. The van der Waals surface area contributed by atoms with Crippen molar-refractivity contribution in [2.75, 3.05) is 26.0 Å². The molecule has 13 heteroatoms. The molecule has 1 aromatic carbocycles. The summed E-state index contributed by atoms with van der Waals surface area (Å²) in [6.45, 7) is 3.65. The molecule has 1 aliphatic rings. The summed E-state index contributed by atoms with van der Waals surface area (Å²) in [7, 11) is 1.70. The van der Waals surface area contributed by atoms with Gasteiger partial charge in [0.25, 0.3) is 0 Å². The van der Waals surface area contributed by atoms with E-state index in [9.17, 15) is 24.3 Å². The van der Waals surface area contributed by atoms with Gasteiger partial charge in [-0.3, -0.25) is 19.2 Å². The number of nitrogens with one attached hydrogen (secondary N) is 2. The monoisotopic (exact) mass is 515 g/mol. The second kappa shape index (κ2) is 11.8. The summed E-state index contributed by atoms with van der Waals surface area (Å²) < 4.78 is 11.1. The standard InChI is InChI=1S/C21H28BCl2N3O7/c1-12(2)7-16(26-17(28)11-25-15-8-13(23)5-6-14(15)24)22-33-20(32)21(34-22,10-19(30)31)9-18(29)27(3)4/h5-6,8,12,16,25H,7,9-11H2,1-4H3,(H,26,28)(H,30,31)/t16-,21-/m0/s1. The molecule has 0 aromatic heterocycles. The van der Waals surface area contributed by atoms with Crippen LogP contribution in [0.3, 0.4) is 0 Å². The maximum Gasteiger partial charge on any atom is 0.552 e. The third-order valence-electron chi connectivity index (χ3n) is 5.08. The molecule has 0 spiro atoms. The molecule has 2 atom stereocenters. The average molecular weight is 516 g/mol. The summed E-state index contributed by atoms with van der Waals surface area (Å²) in [6.07, 6.45) is -0.885. The summed E-state index contributed by atoms with van der Waals surface area (Å²) in [4.78, 5) is 50.3. The van der Waals surface area contributed by atoms with Gasteiger partial charge in [0.2, 0.25) is 11.8 Å². The Kier molecular flexibility index (Phi) is 9.60. The Labute approximate surface area is 208 Å². The van der Waals surface area contributed by atoms with Crippen LogP contribution in [0.2, 0.25) is 10.0 Å².